The molecule has 1 amide bonds. The first-order chi connectivity index (χ1) is 18.4. The lowest BCUT2D eigenvalue weighted by atomic mass is 9.90. The van der Waals surface area contributed by atoms with Gasteiger partial charge in [0.15, 0.2) is 0 Å². The summed E-state index contributed by atoms with van der Waals surface area (Å²) in [5.74, 6) is 1.39. The summed E-state index contributed by atoms with van der Waals surface area (Å²) in [6, 6.07) is 12.1. The molecule has 0 bridgehead atoms. The van der Waals surface area contributed by atoms with Crippen LogP contribution in [0, 0.1) is 13.8 Å². The number of aromatic nitrogens is 1. The van der Waals surface area contributed by atoms with Crippen molar-refractivity contribution in [1.82, 2.24) is 14.8 Å². The molecule has 1 aromatic heterocycles. The van der Waals surface area contributed by atoms with E-state index in [1.165, 1.54) is 41.8 Å². The predicted molar refractivity (Wildman–Crippen MR) is 154 cm³/mol. The highest BCUT2D eigenvalue weighted by molar-refractivity contribution is 7.18. The summed E-state index contributed by atoms with van der Waals surface area (Å²) in [6.07, 6.45) is 5.91. The van der Waals surface area contributed by atoms with Crippen molar-refractivity contribution in [2.45, 2.75) is 58.0 Å². The summed E-state index contributed by atoms with van der Waals surface area (Å²) in [6.45, 7) is 8.48. The maximum atomic E-state index is 12.6. The standard InChI is InChI=1S/C30H40N4O3S/c1-21-7-6-8-22(2)29(21)32-28(36)19-34-15-13-33(14-16-34)18-24(35)20-37-25-11-12-27-26(17-25)31-30(38-27)23-9-4-3-5-10-23/h6-8,11-12,17,23-24,35H,3-5,9-10,13-16,18-20H2,1-2H3,(H,32,36). The molecule has 0 spiro atoms. The lowest BCUT2D eigenvalue weighted by Crippen LogP contribution is -2.50. The van der Waals surface area contributed by atoms with E-state index in [-0.39, 0.29) is 12.5 Å². The van der Waals surface area contributed by atoms with E-state index in [0.717, 1.165) is 54.3 Å². The van der Waals surface area contributed by atoms with E-state index in [0.29, 0.717) is 19.0 Å². The molecule has 1 saturated heterocycles. The van der Waals surface area contributed by atoms with Crippen LogP contribution in [-0.2, 0) is 4.79 Å². The number of nitrogens with one attached hydrogen (secondary N) is 1. The fourth-order valence-corrected chi connectivity index (χ4v) is 6.72. The van der Waals surface area contributed by atoms with E-state index >= 15 is 0 Å². The van der Waals surface area contributed by atoms with Gasteiger partial charge in [-0.25, -0.2) is 4.98 Å². The molecule has 8 heteroatoms. The van der Waals surface area contributed by atoms with Crippen LogP contribution in [0.3, 0.4) is 0 Å². The average Bonchev–Trinajstić information content (AvgIpc) is 3.35. The molecule has 2 fully saturated rings. The van der Waals surface area contributed by atoms with Crippen LogP contribution in [0.15, 0.2) is 36.4 Å². The van der Waals surface area contributed by atoms with Gasteiger partial charge in [-0.15, -0.1) is 11.3 Å². The molecule has 1 aliphatic heterocycles. The maximum absolute atomic E-state index is 12.6. The molecular weight excluding hydrogens is 496 g/mol. The zero-order valence-corrected chi connectivity index (χ0v) is 23.4. The quantitative estimate of drug-likeness (QED) is 0.403. The van der Waals surface area contributed by atoms with Crippen molar-refractivity contribution in [1.29, 1.82) is 0 Å². The molecule has 7 nitrogen and oxygen atoms in total. The smallest absolute Gasteiger partial charge is 0.238 e. The number of ether oxygens (including phenoxy) is 1. The molecule has 2 N–H and O–H groups in total. The van der Waals surface area contributed by atoms with Crippen molar-refractivity contribution in [3.63, 3.8) is 0 Å². The highest BCUT2D eigenvalue weighted by Gasteiger charge is 2.22. The first-order valence-corrected chi connectivity index (χ1v) is 14.8. The molecule has 1 unspecified atom stereocenters. The number of carbonyl (C=O) groups is 1. The van der Waals surface area contributed by atoms with Crippen molar-refractivity contribution in [2.75, 3.05) is 51.2 Å². The van der Waals surface area contributed by atoms with Gasteiger partial charge in [0, 0.05) is 50.4 Å². The third-order valence-corrected chi connectivity index (χ3v) is 9.02. The molecule has 3 aromatic rings. The summed E-state index contributed by atoms with van der Waals surface area (Å²) in [4.78, 5) is 21.9. The Morgan fingerprint density at radius 1 is 1.08 bits per heavy atom. The molecule has 1 atom stereocenters. The van der Waals surface area contributed by atoms with Crippen molar-refractivity contribution in [3.8, 4) is 5.75 Å². The van der Waals surface area contributed by atoms with Crippen molar-refractivity contribution in [2.24, 2.45) is 0 Å². The second-order valence-electron chi connectivity index (χ2n) is 10.9. The van der Waals surface area contributed by atoms with Crippen LogP contribution in [0.1, 0.15) is 54.2 Å². The zero-order valence-electron chi connectivity index (χ0n) is 22.6. The number of β-amino-alcohol motifs (C(OH)–C–C–N with tert-alkyl or cyclic N) is 1. The number of fused-ring (bicyclic) bond motifs is 1. The number of rotatable bonds is 9. The summed E-state index contributed by atoms with van der Waals surface area (Å²) < 4.78 is 7.15. The number of hydrogen-bond donors (Lipinski definition) is 2. The number of amides is 1. The van der Waals surface area contributed by atoms with Gasteiger partial charge in [0.05, 0.1) is 21.8 Å². The first kappa shape index (κ1) is 27.1. The third-order valence-electron chi connectivity index (χ3n) is 7.82. The highest BCUT2D eigenvalue weighted by atomic mass is 32.1. The fraction of sp³-hybridized carbons (Fsp3) is 0.533. The van der Waals surface area contributed by atoms with Gasteiger partial charge >= 0.3 is 0 Å². The minimum absolute atomic E-state index is 0.0206. The Labute approximate surface area is 229 Å². The van der Waals surface area contributed by atoms with Crippen LogP contribution >= 0.6 is 11.3 Å². The lowest BCUT2D eigenvalue weighted by Gasteiger charge is -2.35. The number of aliphatic hydroxyl groups excluding tert-OH is 1. The normalized spacial score (nSPS) is 18.5. The zero-order chi connectivity index (χ0) is 26.5. The number of aliphatic hydroxyl groups is 1. The third kappa shape index (κ3) is 6.91. The van der Waals surface area contributed by atoms with E-state index in [1.807, 2.05) is 55.5 Å². The number of piperazine rings is 1. The van der Waals surface area contributed by atoms with Gasteiger partial charge in [0.25, 0.3) is 0 Å². The van der Waals surface area contributed by atoms with Gasteiger partial charge < -0.3 is 15.2 Å². The number of carbonyl (C=O) groups excluding carboxylic acids is 1. The second-order valence-corrected chi connectivity index (χ2v) is 11.9. The molecule has 5 rings (SSSR count). The number of aryl methyl sites for hydroxylation is 2. The van der Waals surface area contributed by atoms with Crippen LogP contribution in [0.4, 0.5) is 5.69 Å². The predicted octanol–water partition coefficient (Wildman–Crippen LogP) is 4.96. The monoisotopic (exact) mass is 536 g/mol. The molecule has 204 valence electrons. The van der Waals surface area contributed by atoms with E-state index in [4.69, 9.17) is 9.72 Å². The SMILES string of the molecule is Cc1cccc(C)c1NC(=O)CN1CCN(CC(O)COc2ccc3sc(C4CCCCC4)nc3c2)CC1. The van der Waals surface area contributed by atoms with Gasteiger partial charge in [-0.2, -0.15) is 0 Å². The van der Waals surface area contributed by atoms with Gasteiger partial charge in [0.2, 0.25) is 5.91 Å². The van der Waals surface area contributed by atoms with Gasteiger partial charge in [-0.3, -0.25) is 14.6 Å². The number of thiazole rings is 1. The molecule has 1 saturated carbocycles. The van der Waals surface area contributed by atoms with Crippen molar-refractivity contribution >= 4 is 33.1 Å². The van der Waals surface area contributed by atoms with Gasteiger partial charge in [0.1, 0.15) is 18.5 Å². The number of anilines is 1. The Balaban J connectivity index is 1.04. The summed E-state index contributed by atoms with van der Waals surface area (Å²) >= 11 is 1.81. The second kappa shape index (κ2) is 12.6. The van der Waals surface area contributed by atoms with Crippen LogP contribution < -0.4 is 10.1 Å². The minimum Gasteiger partial charge on any atom is -0.491 e. The number of benzene rings is 2. The van der Waals surface area contributed by atoms with E-state index in [9.17, 15) is 9.90 Å². The number of nitrogens with zero attached hydrogens (tertiary/aromatic N) is 3. The van der Waals surface area contributed by atoms with Crippen molar-refractivity contribution in [3.05, 3.63) is 52.5 Å². The average molecular weight is 537 g/mol. The maximum Gasteiger partial charge on any atom is 0.238 e. The van der Waals surface area contributed by atoms with Gasteiger partial charge in [-0.1, -0.05) is 37.5 Å². The van der Waals surface area contributed by atoms with E-state index in [1.54, 1.807) is 0 Å². The molecule has 2 aliphatic rings. The Kier molecular flexibility index (Phi) is 8.94. The minimum atomic E-state index is -0.571. The van der Waals surface area contributed by atoms with E-state index in [2.05, 4.69) is 21.2 Å². The molecule has 1 aliphatic carbocycles. The summed E-state index contributed by atoms with van der Waals surface area (Å²) in [7, 11) is 0. The summed E-state index contributed by atoms with van der Waals surface area (Å²) in [5.41, 5.74) is 4.07. The molecule has 2 heterocycles. The number of hydrogen-bond acceptors (Lipinski definition) is 7. The molecular formula is C30H40N4O3S. The van der Waals surface area contributed by atoms with Crippen LogP contribution in [0.5, 0.6) is 5.75 Å². The summed E-state index contributed by atoms with van der Waals surface area (Å²) in [5, 5.41) is 15.0. The first-order valence-electron chi connectivity index (χ1n) is 14.0. The molecule has 0 radical (unpaired) electrons. The Bertz CT molecular complexity index is 1210. The fourth-order valence-electron chi connectivity index (χ4n) is 5.61. The van der Waals surface area contributed by atoms with Crippen LogP contribution in [0.25, 0.3) is 10.2 Å². The molecule has 2 aromatic carbocycles. The molecule has 38 heavy (non-hydrogen) atoms. The highest BCUT2D eigenvalue weighted by Crippen LogP contribution is 2.37. The van der Waals surface area contributed by atoms with E-state index < -0.39 is 6.10 Å². The Hall–Kier alpha value is -2.52. The lowest BCUT2D eigenvalue weighted by molar-refractivity contribution is -0.117. The largest absolute Gasteiger partial charge is 0.491 e. The van der Waals surface area contributed by atoms with Crippen LogP contribution in [-0.4, -0.2) is 77.8 Å². The number of para-hydroxylation sites is 1. The van der Waals surface area contributed by atoms with Gasteiger partial charge in [-0.05, 0) is 49.9 Å². The Morgan fingerprint density at radius 2 is 1.79 bits per heavy atom. The Morgan fingerprint density at radius 3 is 2.53 bits per heavy atom. The van der Waals surface area contributed by atoms with Crippen LogP contribution in [0.2, 0.25) is 0 Å². The van der Waals surface area contributed by atoms with Crippen molar-refractivity contribution < 1.29 is 14.6 Å². The topological polar surface area (TPSA) is 77.9 Å².